The van der Waals surface area contributed by atoms with E-state index in [0.29, 0.717) is 0 Å². The molecule has 0 heterocycles. The minimum atomic E-state index is -5.63. The highest BCUT2D eigenvalue weighted by Gasteiger charge is 2.72. The fourth-order valence-electron chi connectivity index (χ4n) is 3.21. The summed E-state index contributed by atoms with van der Waals surface area (Å²) in [7, 11) is 2.57. The van der Waals surface area contributed by atoms with Crippen LogP contribution >= 0.6 is 0 Å². The van der Waals surface area contributed by atoms with Gasteiger partial charge in [0.1, 0.15) is 11.5 Å². The monoisotopic (exact) mass is 392 g/mol. The van der Waals surface area contributed by atoms with Crippen LogP contribution in [0.2, 0.25) is 0 Å². The first kappa shape index (κ1) is 20.9. The molecule has 0 aliphatic rings. The maximum absolute atomic E-state index is 14.1. The third kappa shape index (κ3) is 3.33. The highest BCUT2D eigenvalue weighted by atomic mass is 19.4. The third-order valence-electron chi connectivity index (χ3n) is 4.51. The van der Waals surface area contributed by atoms with Crippen molar-refractivity contribution < 1.29 is 35.8 Å². The Morgan fingerprint density at radius 2 is 0.963 bits per heavy atom. The summed E-state index contributed by atoms with van der Waals surface area (Å²) in [6.07, 6.45) is -11.3. The van der Waals surface area contributed by atoms with E-state index in [0.717, 1.165) is 36.4 Å². The van der Waals surface area contributed by atoms with E-state index in [1.54, 1.807) is 0 Å². The fourth-order valence-corrected chi connectivity index (χ4v) is 3.21. The Labute approximate surface area is 152 Å². The molecule has 0 amide bonds. The standard InChI is InChI=1S/C19H18F6O2/c1-11-9-13(5-7-15(11)26-3)17(18(20,21)22,19(23,24)25)14-6-8-16(27-4)12(2)10-14/h5-10H,1-4H3. The number of ether oxygens (including phenoxy) is 2. The molecule has 0 saturated carbocycles. The lowest BCUT2D eigenvalue weighted by Crippen LogP contribution is -2.54. The lowest BCUT2D eigenvalue weighted by molar-refractivity contribution is -0.288. The Morgan fingerprint density at radius 3 is 1.19 bits per heavy atom. The summed E-state index contributed by atoms with van der Waals surface area (Å²) < 4.78 is 94.5. The number of benzene rings is 2. The number of rotatable bonds is 4. The SMILES string of the molecule is COc1ccc(C(c2ccc(OC)c(C)c2)(C(F)(F)F)C(F)(F)F)cc1C. The van der Waals surface area contributed by atoms with Crippen LogP contribution in [0.1, 0.15) is 22.3 Å². The molecule has 2 nitrogen and oxygen atoms in total. The van der Waals surface area contributed by atoms with Gasteiger partial charge in [0.2, 0.25) is 5.41 Å². The minimum Gasteiger partial charge on any atom is -0.496 e. The van der Waals surface area contributed by atoms with Crippen molar-refractivity contribution in [1.82, 2.24) is 0 Å². The Hall–Kier alpha value is -2.38. The molecule has 0 aliphatic carbocycles. The van der Waals surface area contributed by atoms with Gasteiger partial charge in [-0.15, -0.1) is 0 Å². The second-order valence-corrected chi connectivity index (χ2v) is 6.11. The van der Waals surface area contributed by atoms with E-state index in [-0.39, 0.29) is 22.6 Å². The third-order valence-corrected chi connectivity index (χ3v) is 4.51. The lowest BCUT2D eigenvalue weighted by atomic mass is 9.72. The molecule has 8 heteroatoms. The summed E-state index contributed by atoms with van der Waals surface area (Å²) in [5.74, 6) is 0.394. The number of methoxy groups -OCH3 is 2. The minimum absolute atomic E-state index is 0.165. The molecule has 0 atom stereocenters. The molecular weight excluding hydrogens is 374 g/mol. The molecule has 0 spiro atoms. The average molecular weight is 392 g/mol. The smallest absolute Gasteiger partial charge is 0.411 e. The molecular formula is C19H18F6O2. The van der Waals surface area contributed by atoms with Crippen LogP contribution < -0.4 is 9.47 Å². The summed E-state index contributed by atoms with van der Waals surface area (Å²) in [5, 5.41) is 0. The molecule has 2 aromatic carbocycles. The highest BCUT2D eigenvalue weighted by molar-refractivity contribution is 5.50. The van der Waals surface area contributed by atoms with Crippen molar-refractivity contribution in [2.75, 3.05) is 14.2 Å². The quantitative estimate of drug-likeness (QED) is 0.619. The molecule has 27 heavy (non-hydrogen) atoms. The Balaban J connectivity index is 2.92. The summed E-state index contributed by atoms with van der Waals surface area (Å²) in [4.78, 5) is 0. The molecule has 148 valence electrons. The van der Waals surface area contributed by atoms with E-state index in [1.807, 2.05) is 0 Å². The molecule has 0 N–H and O–H groups in total. The first-order valence-corrected chi connectivity index (χ1v) is 7.83. The van der Waals surface area contributed by atoms with Gasteiger partial charge >= 0.3 is 12.4 Å². The van der Waals surface area contributed by atoms with Crippen LogP contribution in [0.3, 0.4) is 0 Å². The first-order valence-electron chi connectivity index (χ1n) is 7.83. The van der Waals surface area contributed by atoms with E-state index in [4.69, 9.17) is 9.47 Å². The number of hydrogen-bond donors (Lipinski definition) is 0. The van der Waals surface area contributed by atoms with Crippen LogP contribution in [0.15, 0.2) is 36.4 Å². The van der Waals surface area contributed by atoms with Gasteiger partial charge in [-0.2, -0.15) is 26.3 Å². The summed E-state index contributed by atoms with van der Waals surface area (Å²) in [6, 6.07) is 5.53. The first-order chi connectivity index (χ1) is 12.4. The number of alkyl halides is 6. The van der Waals surface area contributed by atoms with E-state index in [2.05, 4.69) is 0 Å². The van der Waals surface area contributed by atoms with Crippen molar-refractivity contribution in [2.45, 2.75) is 31.6 Å². The van der Waals surface area contributed by atoms with E-state index in [1.165, 1.54) is 28.1 Å². The summed E-state index contributed by atoms with van der Waals surface area (Å²) >= 11 is 0. The maximum atomic E-state index is 14.1. The van der Waals surface area contributed by atoms with Gasteiger partial charge in [-0.3, -0.25) is 0 Å². The van der Waals surface area contributed by atoms with Gasteiger partial charge in [-0.1, -0.05) is 24.3 Å². The van der Waals surface area contributed by atoms with E-state index in [9.17, 15) is 26.3 Å². The predicted octanol–water partition coefficient (Wildman–Crippen LogP) is 5.73. The maximum Gasteiger partial charge on any atom is 0.411 e. The fraction of sp³-hybridized carbons (Fsp3) is 0.368. The van der Waals surface area contributed by atoms with Crippen LogP contribution in [0.4, 0.5) is 26.3 Å². The van der Waals surface area contributed by atoms with E-state index < -0.39 is 28.9 Å². The largest absolute Gasteiger partial charge is 0.496 e. The topological polar surface area (TPSA) is 18.5 Å². The van der Waals surface area contributed by atoms with Crippen LogP contribution in [0.5, 0.6) is 11.5 Å². The normalized spacial score (nSPS) is 12.8. The Kier molecular flexibility index (Phi) is 5.41. The Morgan fingerprint density at radius 1 is 0.630 bits per heavy atom. The zero-order valence-corrected chi connectivity index (χ0v) is 15.0. The van der Waals surface area contributed by atoms with Crippen molar-refractivity contribution in [3.05, 3.63) is 58.7 Å². The van der Waals surface area contributed by atoms with Crippen molar-refractivity contribution >= 4 is 0 Å². The van der Waals surface area contributed by atoms with Crippen LogP contribution in [-0.4, -0.2) is 26.6 Å². The highest BCUT2D eigenvalue weighted by Crippen LogP contribution is 2.56. The molecule has 0 saturated heterocycles. The number of hydrogen-bond acceptors (Lipinski definition) is 2. The van der Waals surface area contributed by atoms with Crippen LogP contribution in [-0.2, 0) is 5.41 Å². The average Bonchev–Trinajstić information content (AvgIpc) is 2.53. The second-order valence-electron chi connectivity index (χ2n) is 6.11. The Bertz CT molecular complexity index is 754. The van der Waals surface area contributed by atoms with Gasteiger partial charge in [-0.05, 0) is 48.2 Å². The van der Waals surface area contributed by atoms with Gasteiger partial charge in [0.15, 0.2) is 0 Å². The number of halogens is 6. The number of aryl methyl sites for hydroxylation is 2. The zero-order chi connectivity index (χ0) is 20.6. The molecule has 0 aliphatic heterocycles. The van der Waals surface area contributed by atoms with Crippen molar-refractivity contribution in [3.8, 4) is 11.5 Å². The second kappa shape index (κ2) is 6.98. The predicted molar refractivity (Wildman–Crippen MR) is 88.4 cm³/mol. The van der Waals surface area contributed by atoms with Crippen LogP contribution in [0, 0.1) is 13.8 Å². The molecule has 0 fully saturated rings. The van der Waals surface area contributed by atoms with Gasteiger partial charge in [0.05, 0.1) is 14.2 Å². The summed E-state index contributed by atoms with van der Waals surface area (Å²) in [5.41, 5.74) is -5.71. The van der Waals surface area contributed by atoms with Gasteiger partial charge < -0.3 is 9.47 Å². The molecule has 0 unspecified atom stereocenters. The molecule has 0 radical (unpaired) electrons. The lowest BCUT2D eigenvalue weighted by Gasteiger charge is -2.38. The van der Waals surface area contributed by atoms with Crippen molar-refractivity contribution in [1.29, 1.82) is 0 Å². The zero-order valence-electron chi connectivity index (χ0n) is 15.0. The van der Waals surface area contributed by atoms with Gasteiger partial charge in [0, 0.05) is 0 Å². The summed E-state index contributed by atoms with van der Waals surface area (Å²) in [6.45, 7) is 2.78. The van der Waals surface area contributed by atoms with Crippen molar-refractivity contribution in [2.24, 2.45) is 0 Å². The van der Waals surface area contributed by atoms with Gasteiger partial charge in [0.25, 0.3) is 0 Å². The van der Waals surface area contributed by atoms with E-state index >= 15 is 0 Å². The molecule has 2 rings (SSSR count). The van der Waals surface area contributed by atoms with Crippen molar-refractivity contribution in [3.63, 3.8) is 0 Å². The molecule has 0 aromatic heterocycles. The van der Waals surface area contributed by atoms with Crippen LogP contribution in [0.25, 0.3) is 0 Å². The molecule has 0 bridgehead atoms. The molecule has 2 aromatic rings. The van der Waals surface area contributed by atoms with Gasteiger partial charge in [-0.25, -0.2) is 0 Å².